The van der Waals surface area contributed by atoms with Crippen LogP contribution in [-0.2, 0) is 14.8 Å². The summed E-state index contributed by atoms with van der Waals surface area (Å²) in [4.78, 5) is 13.2. The van der Waals surface area contributed by atoms with Gasteiger partial charge in [-0.2, -0.15) is 8.78 Å². The van der Waals surface area contributed by atoms with Crippen LogP contribution in [0.2, 0.25) is 0 Å². The minimum atomic E-state index is -3.66. The van der Waals surface area contributed by atoms with Gasteiger partial charge in [0.1, 0.15) is 5.75 Å². The van der Waals surface area contributed by atoms with Crippen LogP contribution in [0, 0.1) is 5.92 Å². The summed E-state index contributed by atoms with van der Waals surface area (Å²) in [6.45, 7) is -2.78. The number of ether oxygens (including phenoxy) is 1. The van der Waals surface area contributed by atoms with Gasteiger partial charge in [-0.15, -0.1) is 0 Å². The van der Waals surface area contributed by atoms with Gasteiger partial charge in [-0.1, -0.05) is 6.07 Å². The van der Waals surface area contributed by atoms with E-state index in [4.69, 9.17) is 5.14 Å². The number of benzene rings is 1. The predicted molar refractivity (Wildman–Crippen MR) is 71.5 cm³/mol. The molecule has 1 aliphatic rings. The maximum absolute atomic E-state index is 12.2. The molecule has 0 spiro atoms. The van der Waals surface area contributed by atoms with Crippen LogP contribution in [0.4, 0.5) is 14.5 Å². The monoisotopic (exact) mass is 320 g/mol. The van der Waals surface area contributed by atoms with Crippen molar-refractivity contribution in [3.8, 4) is 5.75 Å². The average molecular weight is 320 g/mol. The summed E-state index contributed by atoms with van der Waals surface area (Å²) in [5.74, 6) is -1.04. The summed E-state index contributed by atoms with van der Waals surface area (Å²) in [7, 11) is -3.66. The number of rotatable bonds is 5. The van der Waals surface area contributed by atoms with E-state index < -0.39 is 22.6 Å². The van der Waals surface area contributed by atoms with Gasteiger partial charge >= 0.3 is 6.61 Å². The molecular formula is C12H14F2N2O4S. The minimum absolute atomic E-state index is 0.0519. The molecule has 1 saturated heterocycles. The molecule has 1 amide bonds. The molecule has 1 atom stereocenters. The molecule has 21 heavy (non-hydrogen) atoms. The maximum atomic E-state index is 12.2. The lowest BCUT2D eigenvalue weighted by Gasteiger charge is -2.17. The van der Waals surface area contributed by atoms with Crippen molar-refractivity contribution < 1.29 is 26.7 Å². The van der Waals surface area contributed by atoms with Crippen molar-refractivity contribution in [2.24, 2.45) is 11.1 Å². The zero-order valence-electron chi connectivity index (χ0n) is 10.9. The predicted octanol–water partition coefficient (Wildman–Crippen LogP) is 0.929. The number of amides is 1. The fraction of sp³-hybridized carbons (Fsp3) is 0.417. The third-order valence-electron chi connectivity index (χ3n) is 3.03. The maximum Gasteiger partial charge on any atom is 0.387 e. The van der Waals surface area contributed by atoms with Gasteiger partial charge in [0.2, 0.25) is 15.9 Å². The van der Waals surface area contributed by atoms with Crippen molar-refractivity contribution in [1.82, 2.24) is 0 Å². The number of sulfonamides is 1. The van der Waals surface area contributed by atoms with E-state index in [1.54, 1.807) is 6.07 Å². The molecule has 0 aliphatic carbocycles. The SMILES string of the molecule is NS(=O)(=O)CC1CC(=O)N(c2cccc(OC(F)F)c2)C1. The number of alkyl halides is 2. The van der Waals surface area contributed by atoms with Crippen LogP contribution in [-0.4, -0.2) is 33.2 Å². The standard InChI is InChI=1S/C12H14F2N2O4S/c13-12(14)20-10-3-1-2-9(5-10)16-6-8(4-11(16)17)7-21(15,18)19/h1-3,5,8,12H,4,6-7H2,(H2,15,18,19). The molecule has 0 radical (unpaired) electrons. The molecule has 0 saturated carbocycles. The highest BCUT2D eigenvalue weighted by Gasteiger charge is 2.32. The molecule has 1 heterocycles. The number of primary sulfonamides is 1. The van der Waals surface area contributed by atoms with Crippen molar-refractivity contribution in [3.63, 3.8) is 0 Å². The van der Waals surface area contributed by atoms with Gasteiger partial charge in [0.15, 0.2) is 0 Å². The molecule has 1 aromatic rings. The Morgan fingerprint density at radius 2 is 2.14 bits per heavy atom. The fourth-order valence-electron chi connectivity index (χ4n) is 2.30. The van der Waals surface area contributed by atoms with Crippen LogP contribution in [0.5, 0.6) is 5.75 Å². The smallest absolute Gasteiger partial charge is 0.387 e. The summed E-state index contributed by atoms with van der Waals surface area (Å²) in [6.07, 6.45) is 0.0519. The normalized spacial score (nSPS) is 19.3. The van der Waals surface area contributed by atoms with Crippen LogP contribution in [0.1, 0.15) is 6.42 Å². The summed E-state index contributed by atoms with van der Waals surface area (Å²) in [5.41, 5.74) is 0.384. The lowest BCUT2D eigenvalue weighted by molar-refractivity contribution is -0.117. The van der Waals surface area contributed by atoms with Gasteiger partial charge in [-0.25, -0.2) is 13.6 Å². The summed E-state index contributed by atoms with van der Waals surface area (Å²) < 4.78 is 50.7. The quantitative estimate of drug-likeness (QED) is 0.874. The molecule has 1 fully saturated rings. The Morgan fingerprint density at radius 3 is 2.76 bits per heavy atom. The van der Waals surface area contributed by atoms with Crippen molar-refractivity contribution in [2.75, 3.05) is 17.2 Å². The zero-order chi connectivity index (χ0) is 15.6. The first kappa shape index (κ1) is 15.6. The highest BCUT2D eigenvalue weighted by atomic mass is 32.2. The van der Waals surface area contributed by atoms with Crippen molar-refractivity contribution in [3.05, 3.63) is 24.3 Å². The molecule has 2 rings (SSSR count). The first-order valence-corrected chi connectivity index (χ1v) is 7.82. The van der Waals surface area contributed by atoms with Crippen molar-refractivity contribution in [1.29, 1.82) is 0 Å². The Bertz CT molecular complexity index is 636. The minimum Gasteiger partial charge on any atom is -0.435 e. The van der Waals surface area contributed by atoms with E-state index in [1.807, 2.05) is 0 Å². The van der Waals surface area contributed by atoms with Crippen molar-refractivity contribution in [2.45, 2.75) is 13.0 Å². The van der Waals surface area contributed by atoms with Crippen LogP contribution in [0.15, 0.2) is 24.3 Å². The van der Waals surface area contributed by atoms with Gasteiger partial charge in [0.05, 0.1) is 5.75 Å². The topological polar surface area (TPSA) is 89.7 Å². The Labute approximate surface area is 120 Å². The molecule has 1 aliphatic heterocycles. The molecule has 2 N–H and O–H groups in total. The van der Waals surface area contributed by atoms with E-state index in [0.717, 1.165) is 0 Å². The average Bonchev–Trinajstić information content (AvgIpc) is 2.67. The summed E-state index contributed by atoms with van der Waals surface area (Å²) in [6, 6.07) is 5.70. The number of hydrogen-bond acceptors (Lipinski definition) is 4. The summed E-state index contributed by atoms with van der Waals surface area (Å²) in [5, 5.41) is 4.96. The third kappa shape index (κ3) is 4.36. The van der Waals surface area contributed by atoms with Gasteiger partial charge in [0.25, 0.3) is 0 Å². The largest absolute Gasteiger partial charge is 0.435 e. The number of halogens is 2. The molecule has 0 bridgehead atoms. The van der Waals surface area contributed by atoms with Crippen LogP contribution < -0.4 is 14.8 Å². The van der Waals surface area contributed by atoms with Gasteiger partial charge in [-0.05, 0) is 12.1 Å². The molecule has 9 heteroatoms. The lowest BCUT2D eigenvalue weighted by Crippen LogP contribution is -2.27. The van der Waals surface area contributed by atoms with Crippen LogP contribution in [0.3, 0.4) is 0 Å². The molecule has 0 aromatic heterocycles. The van der Waals surface area contributed by atoms with E-state index in [2.05, 4.69) is 4.74 Å². The Hall–Kier alpha value is -1.74. The molecular weight excluding hydrogens is 306 g/mol. The molecule has 116 valence electrons. The van der Waals surface area contributed by atoms with E-state index in [9.17, 15) is 22.0 Å². The second-order valence-corrected chi connectivity index (χ2v) is 6.44. The van der Waals surface area contributed by atoms with E-state index >= 15 is 0 Å². The number of carbonyl (C=O) groups is 1. The fourth-order valence-corrected chi connectivity index (χ4v) is 3.18. The highest BCUT2D eigenvalue weighted by molar-refractivity contribution is 7.89. The molecule has 1 aromatic carbocycles. The number of nitrogens with zero attached hydrogens (tertiary/aromatic N) is 1. The Kier molecular flexibility index (Phi) is 4.43. The van der Waals surface area contributed by atoms with Gasteiger partial charge in [-0.3, -0.25) is 4.79 Å². The Morgan fingerprint density at radius 1 is 1.43 bits per heavy atom. The second-order valence-electron chi connectivity index (χ2n) is 4.78. The number of anilines is 1. The summed E-state index contributed by atoms with van der Waals surface area (Å²) >= 11 is 0. The van der Waals surface area contributed by atoms with Crippen LogP contribution in [0.25, 0.3) is 0 Å². The highest BCUT2D eigenvalue weighted by Crippen LogP contribution is 2.28. The molecule has 6 nitrogen and oxygen atoms in total. The van der Waals surface area contributed by atoms with Gasteiger partial charge in [0, 0.05) is 30.6 Å². The lowest BCUT2D eigenvalue weighted by atomic mass is 10.1. The van der Waals surface area contributed by atoms with Crippen molar-refractivity contribution >= 4 is 21.6 Å². The third-order valence-corrected chi connectivity index (χ3v) is 3.96. The zero-order valence-corrected chi connectivity index (χ0v) is 11.7. The first-order valence-electron chi connectivity index (χ1n) is 6.10. The molecule has 1 unspecified atom stereocenters. The number of hydrogen-bond donors (Lipinski definition) is 1. The first-order chi connectivity index (χ1) is 9.74. The number of carbonyl (C=O) groups excluding carboxylic acids is 1. The van der Waals surface area contributed by atoms with E-state index in [-0.39, 0.29) is 30.4 Å². The van der Waals surface area contributed by atoms with Crippen LogP contribution >= 0.6 is 0 Å². The Balaban J connectivity index is 2.13. The van der Waals surface area contributed by atoms with E-state index in [0.29, 0.717) is 5.69 Å². The van der Waals surface area contributed by atoms with E-state index in [1.165, 1.54) is 23.1 Å². The van der Waals surface area contributed by atoms with Gasteiger partial charge < -0.3 is 9.64 Å². The second kappa shape index (κ2) is 5.94. The number of nitrogens with two attached hydrogens (primary N) is 1.